The van der Waals surface area contributed by atoms with Crippen molar-refractivity contribution in [2.75, 3.05) is 0 Å². The van der Waals surface area contributed by atoms with Gasteiger partial charge in [-0.2, -0.15) is 0 Å². The second-order valence-corrected chi connectivity index (χ2v) is 6.50. The lowest BCUT2D eigenvalue weighted by Crippen LogP contribution is -2.38. The van der Waals surface area contributed by atoms with Crippen LogP contribution < -0.4 is 5.32 Å². The van der Waals surface area contributed by atoms with Gasteiger partial charge in [0.05, 0.1) is 0 Å². The molecule has 3 aliphatic rings. The van der Waals surface area contributed by atoms with E-state index in [1.807, 2.05) is 18.5 Å². The van der Waals surface area contributed by atoms with Crippen molar-refractivity contribution in [2.45, 2.75) is 44.7 Å². The van der Waals surface area contributed by atoms with E-state index in [-0.39, 0.29) is 0 Å². The van der Waals surface area contributed by atoms with E-state index in [4.69, 9.17) is 0 Å². The summed E-state index contributed by atoms with van der Waals surface area (Å²) in [6, 6.07) is 4.99. The zero-order valence-corrected chi connectivity index (χ0v) is 10.9. The Hall–Kier alpha value is -0.890. The van der Waals surface area contributed by atoms with Gasteiger partial charge < -0.3 is 5.32 Å². The Morgan fingerprint density at radius 1 is 1.17 bits per heavy atom. The molecule has 0 aliphatic heterocycles. The van der Waals surface area contributed by atoms with Gasteiger partial charge in [-0.05, 0) is 61.0 Å². The Bertz CT molecular complexity index is 416. The molecule has 4 rings (SSSR count). The molecule has 5 atom stereocenters. The van der Waals surface area contributed by atoms with Crippen molar-refractivity contribution < 1.29 is 0 Å². The van der Waals surface area contributed by atoms with Gasteiger partial charge in [0.25, 0.3) is 0 Å². The summed E-state index contributed by atoms with van der Waals surface area (Å²) in [5, 5.41) is 3.80. The predicted molar refractivity (Wildman–Crippen MR) is 71.9 cm³/mol. The molecule has 2 nitrogen and oxygen atoms in total. The number of aromatic nitrogens is 1. The largest absolute Gasteiger partial charge is 0.310 e. The second-order valence-electron chi connectivity index (χ2n) is 6.50. The van der Waals surface area contributed by atoms with Crippen molar-refractivity contribution in [3.63, 3.8) is 0 Å². The van der Waals surface area contributed by atoms with Gasteiger partial charge in [-0.25, -0.2) is 0 Å². The summed E-state index contributed by atoms with van der Waals surface area (Å²) in [6.07, 6.45) is 11.3. The number of hydrogen-bond donors (Lipinski definition) is 1. The van der Waals surface area contributed by atoms with Crippen LogP contribution in [0.4, 0.5) is 0 Å². The molecule has 3 saturated carbocycles. The first kappa shape index (κ1) is 11.0. The van der Waals surface area contributed by atoms with Gasteiger partial charge in [-0.15, -0.1) is 0 Å². The van der Waals surface area contributed by atoms with E-state index in [1.54, 1.807) is 0 Å². The lowest BCUT2D eigenvalue weighted by molar-refractivity contribution is 0.208. The van der Waals surface area contributed by atoms with Crippen LogP contribution in [-0.2, 0) is 6.54 Å². The highest BCUT2D eigenvalue weighted by molar-refractivity contribution is 5.10. The van der Waals surface area contributed by atoms with E-state index < -0.39 is 0 Å². The van der Waals surface area contributed by atoms with Gasteiger partial charge in [0.1, 0.15) is 0 Å². The fourth-order valence-electron chi connectivity index (χ4n) is 5.05. The molecule has 0 unspecified atom stereocenters. The number of nitrogens with one attached hydrogen (secondary N) is 1. The van der Waals surface area contributed by atoms with Crippen molar-refractivity contribution in [3.8, 4) is 0 Å². The van der Waals surface area contributed by atoms with Gasteiger partial charge in [-0.1, -0.05) is 12.5 Å². The Balaban J connectivity index is 1.40. The van der Waals surface area contributed by atoms with Crippen molar-refractivity contribution in [1.29, 1.82) is 0 Å². The summed E-state index contributed by atoms with van der Waals surface area (Å²) in [6.45, 7) is 0.999. The summed E-state index contributed by atoms with van der Waals surface area (Å²) >= 11 is 0. The Labute approximate surface area is 109 Å². The monoisotopic (exact) mass is 242 g/mol. The van der Waals surface area contributed by atoms with Gasteiger partial charge in [0, 0.05) is 25.0 Å². The number of nitrogens with zero attached hydrogens (tertiary/aromatic N) is 1. The maximum absolute atomic E-state index is 4.19. The number of fused-ring (bicyclic) bond motifs is 5. The third-order valence-corrected chi connectivity index (χ3v) is 5.72. The van der Waals surface area contributed by atoms with Crippen LogP contribution in [0.25, 0.3) is 0 Å². The van der Waals surface area contributed by atoms with Crippen molar-refractivity contribution in [2.24, 2.45) is 23.7 Å². The van der Waals surface area contributed by atoms with Crippen LogP contribution in [0.3, 0.4) is 0 Å². The summed E-state index contributed by atoms with van der Waals surface area (Å²) in [4.78, 5) is 4.19. The minimum atomic E-state index is 0.787. The van der Waals surface area contributed by atoms with Crippen LogP contribution in [0.15, 0.2) is 24.5 Å². The minimum Gasteiger partial charge on any atom is -0.310 e. The maximum Gasteiger partial charge on any atom is 0.0312 e. The summed E-state index contributed by atoms with van der Waals surface area (Å²) in [7, 11) is 0. The average molecular weight is 242 g/mol. The Kier molecular flexibility index (Phi) is 2.65. The van der Waals surface area contributed by atoms with Crippen LogP contribution in [-0.4, -0.2) is 11.0 Å². The molecule has 0 saturated heterocycles. The molecular weight excluding hydrogens is 220 g/mol. The highest BCUT2D eigenvalue weighted by Crippen LogP contribution is 2.58. The number of hydrogen-bond acceptors (Lipinski definition) is 2. The molecule has 0 aromatic carbocycles. The fourth-order valence-corrected chi connectivity index (χ4v) is 5.05. The molecular formula is C16H22N2. The van der Waals surface area contributed by atoms with E-state index in [0.29, 0.717) is 0 Å². The highest BCUT2D eigenvalue weighted by atomic mass is 14.9. The zero-order valence-electron chi connectivity index (χ0n) is 10.9. The molecule has 3 fully saturated rings. The van der Waals surface area contributed by atoms with Crippen LogP contribution in [0.1, 0.15) is 37.7 Å². The van der Waals surface area contributed by atoms with Gasteiger partial charge >= 0.3 is 0 Å². The van der Waals surface area contributed by atoms with Crippen molar-refractivity contribution >= 4 is 0 Å². The lowest BCUT2D eigenvalue weighted by Gasteiger charge is -2.32. The molecule has 1 aromatic heterocycles. The fraction of sp³-hybridized carbons (Fsp3) is 0.688. The molecule has 0 amide bonds. The number of rotatable bonds is 3. The molecule has 1 N–H and O–H groups in total. The van der Waals surface area contributed by atoms with E-state index in [1.165, 1.54) is 37.7 Å². The first-order valence-electron chi connectivity index (χ1n) is 7.54. The van der Waals surface area contributed by atoms with Crippen molar-refractivity contribution in [3.05, 3.63) is 30.1 Å². The summed E-state index contributed by atoms with van der Waals surface area (Å²) in [5.41, 5.74) is 1.32. The first-order valence-corrected chi connectivity index (χ1v) is 7.54. The van der Waals surface area contributed by atoms with E-state index >= 15 is 0 Å². The topological polar surface area (TPSA) is 24.9 Å². The molecule has 0 spiro atoms. The molecule has 2 bridgehead atoms. The minimum absolute atomic E-state index is 0.787. The maximum atomic E-state index is 4.19. The third-order valence-electron chi connectivity index (χ3n) is 5.72. The second kappa shape index (κ2) is 4.34. The molecule has 0 radical (unpaired) electrons. The molecule has 18 heavy (non-hydrogen) atoms. The molecule has 96 valence electrons. The van der Waals surface area contributed by atoms with Crippen LogP contribution in [0.2, 0.25) is 0 Å². The molecule has 2 heteroatoms. The van der Waals surface area contributed by atoms with Crippen LogP contribution in [0, 0.1) is 23.7 Å². The van der Waals surface area contributed by atoms with Crippen molar-refractivity contribution in [1.82, 2.24) is 10.3 Å². The first-order chi connectivity index (χ1) is 8.92. The zero-order chi connectivity index (χ0) is 11.9. The van der Waals surface area contributed by atoms with Gasteiger partial charge in [0.2, 0.25) is 0 Å². The van der Waals surface area contributed by atoms with Gasteiger partial charge in [-0.3, -0.25) is 4.98 Å². The van der Waals surface area contributed by atoms with E-state index in [9.17, 15) is 0 Å². The third kappa shape index (κ3) is 1.70. The summed E-state index contributed by atoms with van der Waals surface area (Å²) in [5.74, 6) is 4.20. The van der Waals surface area contributed by atoms with Crippen LogP contribution >= 0.6 is 0 Å². The van der Waals surface area contributed by atoms with Gasteiger partial charge in [0.15, 0.2) is 0 Å². The molecule has 3 aliphatic carbocycles. The summed E-state index contributed by atoms with van der Waals surface area (Å²) < 4.78 is 0. The number of pyridine rings is 1. The Morgan fingerprint density at radius 2 is 2.11 bits per heavy atom. The van der Waals surface area contributed by atoms with E-state index in [0.717, 1.165) is 36.3 Å². The molecule has 1 heterocycles. The normalized spacial score (nSPS) is 41.2. The predicted octanol–water partition coefficient (Wildman–Crippen LogP) is 3.00. The van der Waals surface area contributed by atoms with Crippen LogP contribution in [0.5, 0.6) is 0 Å². The Morgan fingerprint density at radius 3 is 3.00 bits per heavy atom. The SMILES string of the molecule is c1cncc(CN[C@@H]2C[C@H]3C[C@@H]2[C@H]2CCC[C@@H]32)c1. The average Bonchev–Trinajstić information content (AvgIpc) is 3.09. The smallest absolute Gasteiger partial charge is 0.0312 e. The standard InChI is InChI=1S/C16H22N2/c1-4-13-12-7-15(14(13)5-1)16(8-12)18-10-11-3-2-6-17-9-11/h2-3,6,9,12-16,18H,1,4-5,7-8,10H2/t12-,13+,14+,15-,16-/m1/s1. The van der Waals surface area contributed by atoms with E-state index in [2.05, 4.69) is 16.4 Å². The highest BCUT2D eigenvalue weighted by Gasteiger charge is 2.53. The lowest BCUT2D eigenvalue weighted by atomic mass is 9.79. The quantitative estimate of drug-likeness (QED) is 0.881. The molecule has 1 aromatic rings.